The third kappa shape index (κ3) is 7.98. The second-order valence-corrected chi connectivity index (χ2v) is 6.99. The molecular weight excluding hydrogens is 406 g/mol. The van der Waals surface area contributed by atoms with Crippen molar-refractivity contribution in [1.29, 1.82) is 0 Å². The second-order valence-electron chi connectivity index (χ2n) is 6.25. The van der Waals surface area contributed by atoms with Gasteiger partial charge in [0.1, 0.15) is 5.75 Å². The monoisotopic (exact) mass is 429 g/mol. The molecule has 0 bridgehead atoms. The predicted octanol–water partition coefficient (Wildman–Crippen LogP) is 1.60. The van der Waals surface area contributed by atoms with E-state index in [0.717, 1.165) is 13.8 Å². The van der Waals surface area contributed by atoms with E-state index in [1.165, 1.54) is 12.0 Å². The van der Waals surface area contributed by atoms with Crippen LogP contribution < -0.4 is 4.74 Å². The number of alkyl halides is 1. The molecule has 3 atom stereocenters. The molecule has 0 heterocycles. The Balaban J connectivity index is 3.21. The Hall–Kier alpha value is -2.81. The molecule has 1 rings (SSSR count). The number of methoxy groups -OCH3 is 1. The second kappa shape index (κ2) is 11.3. The zero-order valence-electron chi connectivity index (χ0n) is 16.6. The lowest BCUT2D eigenvalue weighted by Gasteiger charge is -2.30. The maximum absolute atomic E-state index is 13.1. The Morgan fingerprint density at radius 3 is 1.97 bits per heavy atom. The average Bonchev–Trinajstić information content (AvgIpc) is 2.63. The van der Waals surface area contributed by atoms with Crippen molar-refractivity contribution < 1.29 is 38.5 Å². The van der Waals surface area contributed by atoms with Crippen molar-refractivity contribution in [2.45, 2.75) is 44.9 Å². The molecule has 9 nitrogen and oxygen atoms in total. The van der Waals surface area contributed by atoms with E-state index >= 15 is 0 Å². The maximum Gasteiger partial charge on any atom is 0.349 e. The number of benzene rings is 1. The standard InChI is InChI=1S/C19H24ClNO8/c1-11(20)9-21(10-14-5-7-15(27-4)8-6-14)18(24)16(28-12(2)22)17(19(25)26)29-13(3)23/h5-8,11,16-17H,9-10H2,1-4H3,(H,25,26)/t11?,16-,17-/m1/s1. The van der Waals surface area contributed by atoms with Gasteiger partial charge in [-0.25, -0.2) is 4.79 Å². The highest BCUT2D eigenvalue weighted by atomic mass is 35.5. The summed E-state index contributed by atoms with van der Waals surface area (Å²) < 4.78 is 14.7. The van der Waals surface area contributed by atoms with Gasteiger partial charge in [0, 0.05) is 32.3 Å². The SMILES string of the molecule is COc1ccc(CN(CC(C)Cl)C(=O)[C@H](OC(C)=O)[C@@H](OC(C)=O)C(=O)O)cc1. The fourth-order valence-electron chi connectivity index (χ4n) is 2.51. The van der Waals surface area contributed by atoms with E-state index in [1.54, 1.807) is 31.2 Å². The number of carboxylic acids is 1. The summed E-state index contributed by atoms with van der Waals surface area (Å²) in [6.45, 7) is 3.75. The summed E-state index contributed by atoms with van der Waals surface area (Å²) in [5, 5.41) is 8.91. The van der Waals surface area contributed by atoms with Crippen LogP contribution >= 0.6 is 11.6 Å². The minimum atomic E-state index is -1.99. The third-order valence-electron chi connectivity index (χ3n) is 3.66. The molecule has 1 N–H and O–H groups in total. The van der Waals surface area contributed by atoms with E-state index in [4.69, 9.17) is 25.8 Å². The fraction of sp³-hybridized carbons (Fsp3) is 0.474. The summed E-state index contributed by atoms with van der Waals surface area (Å²) in [5.41, 5.74) is 0.706. The summed E-state index contributed by atoms with van der Waals surface area (Å²) in [7, 11) is 1.52. The molecule has 0 aliphatic rings. The smallest absolute Gasteiger partial charge is 0.349 e. The van der Waals surface area contributed by atoms with Crippen molar-refractivity contribution in [3.8, 4) is 5.75 Å². The average molecular weight is 430 g/mol. The van der Waals surface area contributed by atoms with Gasteiger partial charge < -0.3 is 24.2 Å². The molecule has 0 aliphatic carbocycles. The molecule has 1 aromatic rings. The number of carbonyl (C=O) groups excluding carboxylic acids is 3. The molecule has 29 heavy (non-hydrogen) atoms. The van der Waals surface area contributed by atoms with E-state index in [1.807, 2.05) is 0 Å². The Morgan fingerprint density at radius 1 is 1.03 bits per heavy atom. The number of nitrogens with zero attached hydrogens (tertiary/aromatic N) is 1. The zero-order valence-corrected chi connectivity index (χ0v) is 17.3. The van der Waals surface area contributed by atoms with E-state index in [-0.39, 0.29) is 13.1 Å². The normalized spacial score (nSPS) is 13.6. The van der Waals surface area contributed by atoms with Crippen LogP contribution in [0.3, 0.4) is 0 Å². The number of carbonyl (C=O) groups is 4. The summed E-state index contributed by atoms with van der Waals surface area (Å²) in [4.78, 5) is 48.6. The Labute approximate surface area is 173 Å². The van der Waals surface area contributed by atoms with Crippen molar-refractivity contribution in [3.05, 3.63) is 29.8 Å². The first-order valence-corrected chi connectivity index (χ1v) is 9.11. The number of amides is 1. The number of ether oxygens (including phenoxy) is 3. The van der Waals surface area contributed by atoms with Gasteiger partial charge in [-0.3, -0.25) is 14.4 Å². The van der Waals surface area contributed by atoms with E-state index in [2.05, 4.69) is 0 Å². The minimum absolute atomic E-state index is 0.0383. The van der Waals surface area contributed by atoms with Crippen LogP contribution in [0.5, 0.6) is 5.75 Å². The predicted molar refractivity (Wildman–Crippen MR) is 102 cm³/mol. The maximum atomic E-state index is 13.1. The van der Waals surface area contributed by atoms with Crippen LogP contribution in [0.4, 0.5) is 0 Å². The molecule has 0 aliphatic heterocycles. The number of halogens is 1. The van der Waals surface area contributed by atoms with E-state index in [9.17, 15) is 24.3 Å². The van der Waals surface area contributed by atoms with Gasteiger partial charge in [-0.15, -0.1) is 11.6 Å². The van der Waals surface area contributed by atoms with Gasteiger partial charge in [-0.2, -0.15) is 0 Å². The Bertz CT molecular complexity index is 734. The third-order valence-corrected chi connectivity index (χ3v) is 3.80. The molecule has 10 heteroatoms. The summed E-state index contributed by atoms with van der Waals surface area (Å²) in [5.74, 6) is -3.68. The Morgan fingerprint density at radius 2 is 1.55 bits per heavy atom. The van der Waals surface area contributed by atoms with Crippen LogP contribution in [-0.4, -0.2) is 65.1 Å². The minimum Gasteiger partial charge on any atom is -0.497 e. The van der Waals surface area contributed by atoms with Crippen molar-refractivity contribution in [2.75, 3.05) is 13.7 Å². The molecule has 1 amide bonds. The van der Waals surface area contributed by atoms with Crippen molar-refractivity contribution >= 4 is 35.4 Å². The molecule has 0 fully saturated rings. The summed E-state index contributed by atoms with van der Waals surface area (Å²) >= 11 is 6.04. The van der Waals surface area contributed by atoms with Crippen LogP contribution in [0.2, 0.25) is 0 Å². The highest BCUT2D eigenvalue weighted by Crippen LogP contribution is 2.17. The quantitative estimate of drug-likeness (QED) is 0.440. The van der Waals surface area contributed by atoms with Crippen LogP contribution in [0.1, 0.15) is 26.3 Å². The summed E-state index contributed by atoms with van der Waals surface area (Å²) in [6, 6.07) is 6.84. The Kier molecular flexibility index (Phi) is 9.40. The van der Waals surface area contributed by atoms with Gasteiger partial charge in [-0.1, -0.05) is 12.1 Å². The number of carboxylic acid groups (broad SMARTS) is 1. The van der Waals surface area contributed by atoms with Crippen LogP contribution in [0.25, 0.3) is 0 Å². The lowest BCUT2D eigenvalue weighted by atomic mass is 10.1. The lowest BCUT2D eigenvalue weighted by Crippen LogP contribution is -2.52. The number of hydrogen-bond donors (Lipinski definition) is 1. The van der Waals surface area contributed by atoms with Crippen LogP contribution in [0, 0.1) is 0 Å². The first kappa shape index (κ1) is 24.2. The summed E-state index contributed by atoms with van der Waals surface area (Å²) in [6.07, 6.45) is -3.85. The molecule has 1 aromatic carbocycles. The lowest BCUT2D eigenvalue weighted by molar-refractivity contribution is -0.183. The van der Waals surface area contributed by atoms with Gasteiger partial charge in [-0.05, 0) is 24.6 Å². The number of aliphatic carboxylic acids is 1. The molecule has 0 saturated carbocycles. The molecule has 1 unspecified atom stereocenters. The first-order valence-electron chi connectivity index (χ1n) is 8.68. The molecular formula is C19H24ClNO8. The molecule has 0 aromatic heterocycles. The number of hydrogen-bond acceptors (Lipinski definition) is 7. The largest absolute Gasteiger partial charge is 0.497 e. The van der Waals surface area contributed by atoms with Crippen molar-refractivity contribution in [2.24, 2.45) is 0 Å². The van der Waals surface area contributed by atoms with Gasteiger partial charge in [0.25, 0.3) is 5.91 Å². The fourth-order valence-corrected chi connectivity index (χ4v) is 2.68. The van der Waals surface area contributed by atoms with E-state index in [0.29, 0.717) is 11.3 Å². The van der Waals surface area contributed by atoms with Gasteiger partial charge in [0.2, 0.25) is 12.2 Å². The molecule has 160 valence electrons. The van der Waals surface area contributed by atoms with Gasteiger partial charge in [0.05, 0.1) is 7.11 Å². The molecule has 0 saturated heterocycles. The highest BCUT2D eigenvalue weighted by Gasteiger charge is 2.41. The van der Waals surface area contributed by atoms with Gasteiger partial charge >= 0.3 is 17.9 Å². The van der Waals surface area contributed by atoms with Crippen molar-refractivity contribution in [3.63, 3.8) is 0 Å². The van der Waals surface area contributed by atoms with Crippen LogP contribution in [0.15, 0.2) is 24.3 Å². The van der Waals surface area contributed by atoms with E-state index < -0.39 is 41.4 Å². The molecule has 0 radical (unpaired) electrons. The number of rotatable bonds is 10. The zero-order chi connectivity index (χ0) is 22.1. The van der Waals surface area contributed by atoms with Crippen molar-refractivity contribution in [1.82, 2.24) is 4.90 Å². The molecule has 0 spiro atoms. The number of esters is 2. The topological polar surface area (TPSA) is 119 Å². The van der Waals surface area contributed by atoms with Crippen LogP contribution in [-0.2, 0) is 35.2 Å². The van der Waals surface area contributed by atoms with Gasteiger partial charge in [0.15, 0.2) is 0 Å². The highest BCUT2D eigenvalue weighted by molar-refractivity contribution is 6.20. The first-order chi connectivity index (χ1) is 13.5.